The first kappa shape index (κ1) is 29.8. The van der Waals surface area contributed by atoms with Gasteiger partial charge in [-0.25, -0.2) is 0 Å². The first-order valence-electron chi connectivity index (χ1n) is 15.8. The number of amides is 4. The van der Waals surface area contributed by atoms with E-state index < -0.39 is 0 Å². The van der Waals surface area contributed by atoms with E-state index in [2.05, 4.69) is 15.5 Å². The van der Waals surface area contributed by atoms with Gasteiger partial charge in [-0.3, -0.25) is 29.0 Å². The van der Waals surface area contributed by atoms with E-state index in [0.717, 1.165) is 41.4 Å². The number of hydrogen-bond acceptors (Lipinski definition) is 9. The highest BCUT2D eigenvalue weighted by molar-refractivity contribution is 6.27. The van der Waals surface area contributed by atoms with E-state index >= 15 is 0 Å². The number of nitrogen functional groups attached to an aromatic ring is 1. The second-order valence-electron chi connectivity index (χ2n) is 11.8. The molecule has 0 radical (unpaired) electrons. The fourth-order valence-electron chi connectivity index (χ4n) is 6.76. The SMILES string of the molecule is Nc1ccc2c3c(cccc13)C(=O)N(CCNCCCNCCN1C(=O)c3cccc4c(N5CCOCC5)ccc(c34)C1=O)C2=O. The van der Waals surface area contributed by atoms with Gasteiger partial charge in [0.2, 0.25) is 0 Å². The lowest BCUT2D eigenvalue weighted by Crippen LogP contribution is -2.44. The smallest absolute Gasteiger partial charge is 0.261 e. The molecule has 0 unspecified atom stereocenters. The first-order valence-corrected chi connectivity index (χ1v) is 15.8. The van der Waals surface area contributed by atoms with Gasteiger partial charge in [-0.15, -0.1) is 0 Å². The van der Waals surface area contributed by atoms with Gasteiger partial charge in [-0.05, 0) is 55.9 Å². The molecule has 7 rings (SSSR count). The predicted molar refractivity (Wildman–Crippen MR) is 176 cm³/mol. The lowest BCUT2D eigenvalue weighted by Gasteiger charge is -2.32. The van der Waals surface area contributed by atoms with Crippen molar-refractivity contribution in [3.63, 3.8) is 0 Å². The Balaban J connectivity index is 0.876. The Morgan fingerprint density at radius 1 is 0.609 bits per heavy atom. The molecule has 0 spiro atoms. The highest BCUT2D eigenvalue weighted by atomic mass is 16.5. The van der Waals surface area contributed by atoms with Crippen molar-refractivity contribution in [2.24, 2.45) is 0 Å². The van der Waals surface area contributed by atoms with E-state index in [0.29, 0.717) is 72.7 Å². The van der Waals surface area contributed by atoms with E-state index in [4.69, 9.17) is 10.5 Å². The van der Waals surface area contributed by atoms with Gasteiger partial charge < -0.3 is 26.0 Å². The normalized spacial score (nSPS) is 16.3. The maximum Gasteiger partial charge on any atom is 0.261 e. The number of carbonyl (C=O) groups excluding carboxylic acids is 4. The summed E-state index contributed by atoms with van der Waals surface area (Å²) < 4.78 is 5.50. The Morgan fingerprint density at radius 2 is 1.11 bits per heavy atom. The molecule has 0 aliphatic carbocycles. The molecule has 3 heterocycles. The van der Waals surface area contributed by atoms with Gasteiger partial charge in [0.15, 0.2) is 0 Å². The third-order valence-corrected chi connectivity index (χ3v) is 9.08. The van der Waals surface area contributed by atoms with Crippen LogP contribution in [0, 0.1) is 0 Å². The van der Waals surface area contributed by atoms with Crippen LogP contribution in [0.2, 0.25) is 0 Å². The van der Waals surface area contributed by atoms with Gasteiger partial charge in [0, 0.05) is 94.4 Å². The van der Waals surface area contributed by atoms with E-state index in [1.165, 1.54) is 9.80 Å². The van der Waals surface area contributed by atoms with E-state index in [1.54, 1.807) is 30.3 Å². The first-order chi connectivity index (χ1) is 22.5. The average Bonchev–Trinajstić information content (AvgIpc) is 3.08. The number of benzene rings is 4. The largest absolute Gasteiger partial charge is 0.398 e. The summed E-state index contributed by atoms with van der Waals surface area (Å²) in [6, 6.07) is 18.2. The molecule has 4 aromatic carbocycles. The fourth-order valence-corrected chi connectivity index (χ4v) is 6.76. The minimum absolute atomic E-state index is 0.257. The summed E-state index contributed by atoms with van der Waals surface area (Å²) in [6.07, 6.45) is 0.789. The van der Waals surface area contributed by atoms with Crippen molar-refractivity contribution < 1.29 is 23.9 Å². The zero-order valence-corrected chi connectivity index (χ0v) is 25.5. The molecule has 0 aromatic heterocycles. The third-order valence-electron chi connectivity index (χ3n) is 9.08. The minimum Gasteiger partial charge on any atom is -0.398 e. The summed E-state index contributed by atoms with van der Waals surface area (Å²) in [7, 11) is 0. The summed E-state index contributed by atoms with van der Waals surface area (Å²) >= 11 is 0. The Morgan fingerprint density at radius 3 is 1.70 bits per heavy atom. The second-order valence-corrected chi connectivity index (χ2v) is 11.8. The minimum atomic E-state index is -0.310. The Hall–Kier alpha value is -4.84. The molecule has 46 heavy (non-hydrogen) atoms. The number of nitrogens with zero attached hydrogens (tertiary/aromatic N) is 3. The number of carbonyl (C=O) groups is 4. The van der Waals surface area contributed by atoms with Crippen LogP contribution >= 0.6 is 0 Å². The van der Waals surface area contributed by atoms with Crippen LogP contribution in [0.3, 0.4) is 0 Å². The van der Waals surface area contributed by atoms with Crippen molar-refractivity contribution in [1.82, 2.24) is 20.4 Å². The molecule has 11 nitrogen and oxygen atoms in total. The van der Waals surface area contributed by atoms with Crippen LogP contribution < -0.4 is 21.3 Å². The molecule has 0 atom stereocenters. The van der Waals surface area contributed by atoms with Crippen LogP contribution in [0.1, 0.15) is 47.9 Å². The lowest BCUT2D eigenvalue weighted by atomic mass is 9.92. The van der Waals surface area contributed by atoms with Gasteiger partial charge in [0.05, 0.1) is 13.2 Å². The summed E-state index contributed by atoms with van der Waals surface area (Å²) in [5, 5.41) is 9.62. The lowest BCUT2D eigenvalue weighted by molar-refractivity contribution is 0.0597. The van der Waals surface area contributed by atoms with Crippen LogP contribution in [-0.2, 0) is 4.74 Å². The highest BCUT2D eigenvalue weighted by Crippen LogP contribution is 2.36. The monoisotopic (exact) mass is 620 g/mol. The van der Waals surface area contributed by atoms with Crippen LogP contribution in [0.5, 0.6) is 0 Å². The Labute approximate surface area is 266 Å². The van der Waals surface area contributed by atoms with Crippen molar-refractivity contribution in [1.29, 1.82) is 0 Å². The molecular formula is C35H36N6O5. The van der Waals surface area contributed by atoms with Gasteiger partial charge in [0.25, 0.3) is 23.6 Å². The molecule has 1 fully saturated rings. The molecule has 0 bridgehead atoms. The molecule has 4 N–H and O–H groups in total. The molecular weight excluding hydrogens is 584 g/mol. The molecule has 3 aliphatic rings. The topological polar surface area (TPSA) is 137 Å². The highest BCUT2D eigenvalue weighted by Gasteiger charge is 2.34. The Bertz CT molecular complexity index is 1840. The number of hydrogen-bond donors (Lipinski definition) is 3. The summed E-state index contributed by atoms with van der Waals surface area (Å²) in [4.78, 5) is 57.9. The second kappa shape index (κ2) is 12.5. The van der Waals surface area contributed by atoms with Gasteiger partial charge in [0.1, 0.15) is 0 Å². The predicted octanol–water partition coefficient (Wildman–Crippen LogP) is 2.87. The van der Waals surface area contributed by atoms with Gasteiger partial charge >= 0.3 is 0 Å². The molecule has 3 aliphatic heterocycles. The zero-order valence-electron chi connectivity index (χ0n) is 25.5. The van der Waals surface area contributed by atoms with Crippen LogP contribution in [0.25, 0.3) is 21.5 Å². The van der Waals surface area contributed by atoms with Crippen LogP contribution in [0.4, 0.5) is 11.4 Å². The summed E-state index contributed by atoms with van der Waals surface area (Å²) in [5.74, 6) is -1.16. The number of ether oxygens (including phenoxy) is 1. The molecule has 4 aromatic rings. The average molecular weight is 621 g/mol. The van der Waals surface area contributed by atoms with Gasteiger partial charge in [-0.1, -0.05) is 24.3 Å². The van der Waals surface area contributed by atoms with E-state index in [9.17, 15) is 19.2 Å². The third kappa shape index (κ3) is 5.16. The zero-order chi connectivity index (χ0) is 31.8. The quantitative estimate of drug-likeness (QED) is 0.131. The summed E-state index contributed by atoms with van der Waals surface area (Å²) in [6.45, 7) is 5.67. The van der Waals surface area contributed by atoms with Crippen molar-refractivity contribution in [3.05, 3.63) is 82.9 Å². The fraction of sp³-hybridized carbons (Fsp3) is 0.314. The molecule has 1 saturated heterocycles. The van der Waals surface area contributed by atoms with Crippen molar-refractivity contribution in [3.8, 4) is 0 Å². The van der Waals surface area contributed by atoms with Crippen molar-refractivity contribution in [2.75, 3.05) is 76.2 Å². The standard InChI is InChI=1S/C35H36N6O5/c36-28-10-8-26-30-22(28)4-1-6-24(30)32(42)40(34(26)44)16-14-37-12-3-13-38-15-17-41-33(43)25-7-2-5-23-29(39-18-20-46-21-19-39)11-9-27(31(23)25)35(41)45/h1-2,4-11,37-38H,3,12-21,36H2. The molecule has 4 amide bonds. The molecule has 0 saturated carbocycles. The maximum atomic E-state index is 13.4. The number of nitrogens with two attached hydrogens (primary N) is 1. The maximum absolute atomic E-state index is 13.4. The van der Waals surface area contributed by atoms with E-state index in [1.807, 2.05) is 30.3 Å². The van der Waals surface area contributed by atoms with Crippen LogP contribution in [0.15, 0.2) is 60.7 Å². The van der Waals surface area contributed by atoms with Crippen LogP contribution in [-0.4, -0.2) is 99.0 Å². The van der Waals surface area contributed by atoms with Crippen molar-refractivity contribution in [2.45, 2.75) is 6.42 Å². The number of morpholine rings is 1. The number of rotatable bonds is 11. The van der Waals surface area contributed by atoms with Crippen molar-refractivity contribution >= 4 is 56.5 Å². The van der Waals surface area contributed by atoms with Gasteiger partial charge in [-0.2, -0.15) is 0 Å². The number of imide groups is 2. The molecule has 236 valence electrons. The number of anilines is 2. The van der Waals surface area contributed by atoms with E-state index in [-0.39, 0.29) is 36.7 Å². The Kier molecular flexibility index (Phi) is 8.12. The summed E-state index contributed by atoms with van der Waals surface area (Å²) in [5.41, 5.74) is 9.74. The number of nitrogens with one attached hydrogen (secondary N) is 2. The molecule has 11 heteroatoms.